The van der Waals surface area contributed by atoms with Crippen LogP contribution in [0.4, 0.5) is 0 Å². The number of rotatable bonds is 3. The Morgan fingerprint density at radius 1 is 1.29 bits per heavy atom. The Labute approximate surface area is 103 Å². The zero-order chi connectivity index (χ0) is 12.5. The lowest BCUT2D eigenvalue weighted by molar-refractivity contribution is 0.322. The molecule has 1 aliphatic carbocycles. The maximum Gasteiger partial charge on any atom is 0.228 e. The van der Waals surface area contributed by atoms with E-state index < -0.39 is 0 Å². The van der Waals surface area contributed by atoms with Gasteiger partial charge in [-0.2, -0.15) is 4.98 Å². The van der Waals surface area contributed by atoms with Gasteiger partial charge in [-0.15, -0.1) is 0 Å². The van der Waals surface area contributed by atoms with E-state index in [1.807, 2.05) is 0 Å². The number of aromatic nitrogens is 2. The van der Waals surface area contributed by atoms with Crippen molar-refractivity contribution in [2.45, 2.75) is 64.8 Å². The molecular weight excluding hydrogens is 214 g/mol. The minimum atomic E-state index is -0.106. The number of nitrogens with zero attached hydrogens (tertiary/aromatic N) is 2. The highest BCUT2D eigenvalue weighted by molar-refractivity contribution is 4.99. The zero-order valence-electron chi connectivity index (χ0n) is 11.1. The number of nitrogens with two attached hydrogens (primary N) is 1. The molecular formula is C13H23N3O. The maximum absolute atomic E-state index is 6.30. The Kier molecular flexibility index (Phi) is 3.25. The van der Waals surface area contributed by atoms with Crippen LogP contribution in [0.3, 0.4) is 0 Å². The molecule has 0 bridgehead atoms. The summed E-state index contributed by atoms with van der Waals surface area (Å²) < 4.78 is 5.30. The molecule has 0 aliphatic heterocycles. The van der Waals surface area contributed by atoms with Gasteiger partial charge < -0.3 is 10.3 Å². The summed E-state index contributed by atoms with van der Waals surface area (Å²) in [6.07, 6.45) is 6.16. The third kappa shape index (κ3) is 3.53. The molecule has 1 aliphatic rings. The summed E-state index contributed by atoms with van der Waals surface area (Å²) in [5, 5.41) is 4.03. The van der Waals surface area contributed by atoms with Crippen LogP contribution in [0.2, 0.25) is 0 Å². The van der Waals surface area contributed by atoms with E-state index in [9.17, 15) is 0 Å². The Morgan fingerprint density at radius 2 is 1.94 bits per heavy atom. The van der Waals surface area contributed by atoms with Crippen LogP contribution in [0.5, 0.6) is 0 Å². The van der Waals surface area contributed by atoms with Gasteiger partial charge >= 0.3 is 0 Å². The van der Waals surface area contributed by atoms with Crippen LogP contribution in [0, 0.1) is 5.41 Å². The molecule has 0 radical (unpaired) electrons. The van der Waals surface area contributed by atoms with Crippen molar-refractivity contribution in [2.75, 3.05) is 0 Å². The molecule has 2 rings (SSSR count). The van der Waals surface area contributed by atoms with Gasteiger partial charge in [0.25, 0.3) is 0 Å². The SMILES string of the molecule is CC(C)(C)Cc1noc(CC2(N)CCCC2)n1. The fourth-order valence-corrected chi connectivity index (χ4v) is 2.47. The van der Waals surface area contributed by atoms with Crippen molar-refractivity contribution in [2.24, 2.45) is 11.1 Å². The van der Waals surface area contributed by atoms with Gasteiger partial charge in [0, 0.05) is 18.4 Å². The van der Waals surface area contributed by atoms with E-state index in [0.717, 1.165) is 31.5 Å². The lowest BCUT2D eigenvalue weighted by atomic mass is 9.92. The van der Waals surface area contributed by atoms with Gasteiger partial charge in [0.1, 0.15) is 0 Å². The lowest BCUT2D eigenvalue weighted by Gasteiger charge is -2.20. The summed E-state index contributed by atoms with van der Waals surface area (Å²) in [5.74, 6) is 1.50. The van der Waals surface area contributed by atoms with Crippen molar-refractivity contribution in [3.05, 3.63) is 11.7 Å². The largest absolute Gasteiger partial charge is 0.339 e. The van der Waals surface area contributed by atoms with Crippen molar-refractivity contribution in [3.8, 4) is 0 Å². The first-order valence-corrected chi connectivity index (χ1v) is 6.47. The van der Waals surface area contributed by atoms with E-state index in [0.29, 0.717) is 5.89 Å². The Morgan fingerprint density at radius 3 is 2.53 bits per heavy atom. The molecule has 1 aromatic rings. The highest BCUT2D eigenvalue weighted by atomic mass is 16.5. The van der Waals surface area contributed by atoms with E-state index in [4.69, 9.17) is 10.3 Å². The predicted octanol–water partition coefficient (Wildman–Crippen LogP) is 2.47. The first kappa shape index (κ1) is 12.6. The second-order valence-corrected chi connectivity index (χ2v) is 6.59. The molecule has 0 atom stereocenters. The topological polar surface area (TPSA) is 64.9 Å². The van der Waals surface area contributed by atoms with Crippen molar-refractivity contribution in [3.63, 3.8) is 0 Å². The second kappa shape index (κ2) is 4.41. The van der Waals surface area contributed by atoms with Crippen LogP contribution >= 0.6 is 0 Å². The van der Waals surface area contributed by atoms with Gasteiger partial charge in [0.2, 0.25) is 5.89 Å². The molecule has 0 saturated heterocycles. The van der Waals surface area contributed by atoms with E-state index in [1.54, 1.807) is 0 Å². The summed E-state index contributed by atoms with van der Waals surface area (Å²) in [6.45, 7) is 6.51. The lowest BCUT2D eigenvalue weighted by Crippen LogP contribution is -2.38. The van der Waals surface area contributed by atoms with Crippen LogP contribution in [-0.4, -0.2) is 15.7 Å². The van der Waals surface area contributed by atoms with Crippen LogP contribution in [0.25, 0.3) is 0 Å². The fraction of sp³-hybridized carbons (Fsp3) is 0.846. The highest BCUT2D eigenvalue weighted by Crippen LogP contribution is 2.30. The third-order valence-electron chi connectivity index (χ3n) is 3.30. The molecule has 96 valence electrons. The summed E-state index contributed by atoms with van der Waals surface area (Å²) in [5.41, 5.74) is 6.38. The molecule has 17 heavy (non-hydrogen) atoms. The first-order valence-electron chi connectivity index (χ1n) is 6.47. The highest BCUT2D eigenvalue weighted by Gasteiger charge is 2.31. The summed E-state index contributed by atoms with van der Waals surface area (Å²) in [7, 11) is 0. The van der Waals surface area contributed by atoms with E-state index in [1.165, 1.54) is 12.8 Å². The molecule has 4 heteroatoms. The normalized spacial score (nSPS) is 19.8. The minimum Gasteiger partial charge on any atom is -0.339 e. The standard InChI is InChI=1S/C13H23N3O/c1-12(2,3)8-10-15-11(17-16-10)9-13(14)6-4-5-7-13/h4-9,14H2,1-3H3. The average molecular weight is 237 g/mol. The van der Waals surface area contributed by atoms with Crippen molar-refractivity contribution >= 4 is 0 Å². The predicted molar refractivity (Wildman–Crippen MR) is 66.5 cm³/mol. The Hall–Kier alpha value is -0.900. The second-order valence-electron chi connectivity index (χ2n) is 6.59. The quantitative estimate of drug-likeness (QED) is 0.877. The smallest absolute Gasteiger partial charge is 0.228 e. The van der Waals surface area contributed by atoms with Gasteiger partial charge in [-0.25, -0.2) is 0 Å². The van der Waals surface area contributed by atoms with Gasteiger partial charge in [0.05, 0.1) is 0 Å². The van der Waals surface area contributed by atoms with Crippen LogP contribution in [0.15, 0.2) is 4.52 Å². The van der Waals surface area contributed by atoms with E-state index >= 15 is 0 Å². The molecule has 2 N–H and O–H groups in total. The fourth-order valence-electron chi connectivity index (χ4n) is 2.47. The van der Waals surface area contributed by atoms with Crippen molar-refractivity contribution in [1.82, 2.24) is 10.1 Å². The van der Waals surface area contributed by atoms with E-state index in [2.05, 4.69) is 30.9 Å². The summed E-state index contributed by atoms with van der Waals surface area (Å²) >= 11 is 0. The molecule has 1 saturated carbocycles. The minimum absolute atomic E-state index is 0.106. The van der Waals surface area contributed by atoms with Crippen LogP contribution in [-0.2, 0) is 12.8 Å². The molecule has 1 aromatic heterocycles. The maximum atomic E-state index is 6.30. The van der Waals surface area contributed by atoms with E-state index in [-0.39, 0.29) is 11.0 Å². The molecule has 0 unspecified atom stereocenters. The van der Waals surface area contributed by atoms with Crippen molar-refractivity contribution in [1.29, 1.82) is 0 Å². The summed E-state index contributed by atoms with van der Waals surface area (Å²) in [4.78, 5) is 4.45. The van der Waals surface area contributed by atoms with Gasteiger partial charge in [-0.1, -0.05) is 38.8 Å². The molecule has 0 aromatic carbocycles. The molecule has 1 heterocycles. The third-order valence-corrected chi connectivity index (χ3v) is 3.30. The average Bonchev–Trinajstić information content (AvgIpc) is 2.74. The molecule has 1 fully saturated rings. The van der Waals surface area contributed by atoms with Crippen LogP contribution in [0.1, 0.15) is 58.2 Å². The van der Waals surface area contributed by atoms with Crippen LogP contribution < -0.4 is 5.73 Å². The van der Waals surface area contributed by atoms with Crippen molar-refractivity contribution < 1.29 is 4.52 Å². The molecule has 4 nitrogen and oxygen atoms in total. The molecule has 0 amide bonds. The monoisotopic (exact) mass is 237 g/mol. The first-order chi connectivity index (χ1) is 7.86. The number of hydrogen-bond donors (Lipinski definition) is 1. The molecule has 0 spiro atoms. The Balaban J connectivity index is 1.98. The van der Waals surface area contributed by atoms with Gasteiger partial charge in [-0.3, -0.25) is 0 Å². The summed E-state index contributed by atoms with van der Waals surface area (Å²) in [6, 6.07) is 0. The number of hydrogen-bond acceptors (Lipinski definition) is 4. The van der Waals surface area contributed by atoms with Gasteiger partial charge in [0.15, 0.2) is 5.82 Å². The zero-order valence-corrected chi connectivity index (χ0v) is 11.1. The van der Waals surface area contributed by atoms with Gasteiger partial charge in [-0.05, 0) is 18.3 Å². The Bertz CT molecular complexity index is 372.